The van der Waals surface area contributed by atoms with Crippen LogP contribution in [0.1, 0.15) is 43.9 Å². The van der Waals surface area contributed by atoms with E-state index in [1.807, 2.05) is 12.4 Å². The summed E-state index contributed by atoms with van der Waals surface area (Å²) in [6.45, 7) is 6.42. The highest BCUT2D eigenvalue weighted by Crippen LogP contribution is 2.17. The zero-order valence-electron chi connectivity index (χ0n) is 11.8. The summed E-state index contributed by atoms with van der Waals surface area (Å²) in [7, 11) is 0. The molecule has 2 heterocycles. The molecule has 0 aromatic carbocycles. The first-order valence-corrected chi connectivity index (χ1v) is 7.11. The molecule has 0 bridgehead atoms. The fourth-order valence-corrected chi connectivity index (χ4v) is 2.28. The molecule has 0 saturated heterocycles. The van der Waals surface area contributed by atoms with E-state index in [0.29, 0.717) is 6.04 Å². The second-order valence-electron chi connectivity index (χ2n) is 4.89. The van der Waals surface area contributed by atoms with Crippen molar-refractivity contribution in [3.05, 3.63) is 54.1 Å². The molecule has 2 rings (SSSR count). The van der Waals surface area contributed by atoms with Crippen LogP contribution in [0.4, 0.5) is 0 Å². The Labute approximate surface area is 115 Å². The van der Waals surface area contributed by atoms with Crippen molar-refractivity contribution in [3.8, 4) is 0 Å². The monoisotopic (exact) mass is 257 g/mol. The number of hydrogen-bond acceptors (Lipinski definition) is 2. The normalized spacial score (nSPS) is 12.5. The molecule has 3 heteroatoms. The summed E-state index contributed by atoms with van der Waals surface area (Å²) >= 11 is 0. The lowest BCUT2D eigenvalue weighted by Crippen LogP contribution is -2.21. The third-order valence-electron chi connectivity index (χ3n) is 3.34. The van der Waals surface area contributed by atoms with E-state index in [9.17, 15) is 0 Å². The number of rotatable bonds is 7. The predicted octanol–water partition coefficient (Wildman–Crippen LogP) is 3.38. The van der Waals surface area contributed by atoms with Gasteiger partial charge in [-0.2, -0.15) is 0 Å². The van der Waals surface area contributed by atoms with Crippen LogP contribution in [0.25, 0.3) is 0 Å². The van der Waals surface area contributed by atoms with Gasteiger partial charge >= 0.3 is 0 Å². The number of hydrogen-bond donors (Lipinski definition) is 1. The van der Waals surface area contributed by atoms with E-state index in [-0.39, 0.29) is 0 Å². The molecular weight excluding hydrogens is 234 g/mol. The maximum absolute atomic E-state index is 4.05. The van der Waals surface area contributed by atoms with E-state index in [0.717, 1.165) is 19.5 Å². The molecule has 0 spiro atoms. The van der Waals surface area contributed by atoms with Crippen LogP contribution in [0.5, 0.6) is 0 Å². The van der Waals surface area contributed by atoms with Crippen LogP contribution in [0.2, 0.25) is 0 Å². The maximum Gasteiger partial charge on any atom is 0.0471 e. The van der Waals surface area contributed by atoms with Gasteiger partial charge in [-0.1, -0.05) is 13.8 Å². The van der Waals surface area contributed by atoms with E-state index >= 15 is 0 Å². The second-order valence-corrected chi connectivity index (χ2v) is 4.89. The van der Waals surface area contributed by atoms with Crippen LogP contribution < -0.4 is 5.32 Å². The summed E-state index contributed by atoms with van der Waals surface area (Å²) in [6.07, 6.45) is 10.4. The van der Waals surface area contributed by atoms with Gasteiger partial charge in [0.2, 0.25) is 0 Å². The molecule has 1 unspecified atom stereocenters. The van der Waals surface area contributed by atoms with Gasteiger partial charge in [-0.05, 0) is 48.7 Å². The molecule has 2 aromatic rings. The maximum atomic E-state index is 4.05. The first-order valence-electron chi connectivity index (χ1n) is 7.11. The van der Waals surface area contributed by atoms with Gasteiger partial charge in [-0.15, -0.1) is 0 Å². The zero-order valence-corrected chi connectivity index (χ0v) is 11.8. The SMILES string of the molecule is CCCNC(CC)c1ccn(Cc2ccncc2)c1. The van der Waals surface area contributed by atoms with E-state index in [1.165, 1.54) is 17.5 Å². The molecule has 19 heavy (non-hydrogen) atoms. The molecule has 3 nitrogen and oxygen atoms in total. The van der Waals surface area contributed by atoms with Crippen molar-refractivity contribution in [2.75, 3.05) is 6.54 Å². The fraction of sp³-hybridized carbons (Fsp3) is 0.438. The van der Waals surface area contributed by atoms with Crippen LogP contribution in [0.3, 0.4) is 0 Å². The van der Waals surface area contributed by atoms with Gasteiger partial charge in [0.05, 0.1) is 0 Å². The van der Waals surface area contributed by atoms with E-state index in [1.54, 1.807) is 0 Å². The Kier molecular flexibility index (Phi) is 5.16. The molecular formula is C16H23N3. The van der Waals surface area contributed by atoms with Gasteiger partial charge < -0.3 is 9.88 Å². The quantitative estimate of drug-likeness (QED) is 0.824. The standard InChI is InChI=1S/C16H23N3/c1-3-8-18-16(4-2)15-7-11-19(13-15)12-14-5-9-17-10-6-14/h5-7,9-11,13,16,18H,3-4,8,12H2,1-2H3. The van der Waals surface area contributed by atoms with Crippen molar-refractivity contribution in [1.82, 2.24) is 14.9 Å². The Balaban J connectivity index is 2.01. The summed E-state index contributed by atoms with van der Waals surface area (Å²) in [5, 5.41) is 3.59. The average Bonchev–Trinajstić information content (AvgIpc) is 2.89. The molecule has 0 amide bonds. The zero-order chi connectivity index (χ0) is 13.5. The second kappa shape index (κ2) is 7.10. The Bertz CT molecular complexity index is 476. The molecule has 0 aliphatic heterocycles. The van der Waals surface area contributed by atoms with Crippen molar-refractivity contribution in [3.63, 3.8) is 0 Å². The van der Waals surface area contributed by atoms with Gasteiger partial charge in [0, 0.05) is 37.4 Å². The van der Waals surface area contributed by atoms with E-state index < -0.39 is 0 Å². The Morgan fingerprint density at radius 2 is 2.00 bits per heavy atom. The summed E-state index contributed by atoms with van der Waals surface area (Å²) in [5.74, 6) is 0. The summed E-state index contributed by atoms with van der Waals surface area (Å²) < 4.78 is 2.24. The smallest absolute Gasteiger partial charge is 0.0471 e. The highest BCUT2D eigenvalue weighted by molar-refractivity contribution is 5.18. The lowest BCUT2D eigenvalue weighted by molar-refractivity contribution is 0.517. The van der Waals surface area contributed by atoms with E-state index in [2.05, 4.69) is 59.3 Å². The Morgan fingerprint density at radius 1 is 1.21 bits per heavy atom. The Morgan fingerprint density at radius 3 is 2.68 bits per heavy atom. The lowest BCUT2D eigenvalue weighted by Gasteiger charge is -2.15. The molecule has 0 radical (unpaired) electrons. The highest BCUT2D eigenvalue weighted by Gasteiger charge is 2.09. The molecule has 0 aliphatic carbocycles. The average molecular weight is 257 g/mol. The topological polar surface area (TPSA) is 29.9 Å². The first kappa shape index (κ1) is 13.8. The minimum atomic E-state index is 0.471. The van der Waals surface area contributed by atoms with Crippen molar-refractivity contribution >= 4 is 0 Å². The van der Waals surface area contributed by atoms with Crippen molar-refractivity contribution in [2.45, 2.75) is 39.3 Å². The first-order chi connectivity index (χ1) is 9.33. The van der Waals surface area contributed by atoms with Crippen molar-refractivity contribution < 1.29 is 0 Å². The third kappa shape index (κ3) is 3.93. The molecule has 0 saturated carbocycles. The molecule has 1 atom stereocenters. The Hall–Kier alpha value is -1.61. The number of aromatic nitrogens is 2. The molecule has 0 aliphatic rings. The predicted molar refractivity (Wildman–Crippen MR) is 79.1 cm³/mol. The summed E-state index contributed by atoms with van der Waals surface area (Å²) in [6, 6.07) is 6.81. The van der Waals surface area contributed by atoms with Crippen LogP contribution >= 0.6 is 0 Å². The minimum Gasteiger partial charge on any atom is -0.350 e. The van der Waals surface area contributed by atoms with Crippen LogP contribution in [-0.4, -0.2) is 16.1 Å². The minimum absolute atomic E-state index is 0.471. The van der Waals surface area contributed by atoms with Gasteiger partial charge in [0.25, 0.3) is 0 Å². The van der Waals surface area contributed by atoms with Gasteiger partial charge in [-0.25, -0.2) is 0 Å². The molecule has 2 aromatic heterocycles. The van der Waals surface area contributed by atoms with Gasteiger partial charge in [0.1, 0.15) is 0 Å². The van der Waals surface area contributed by atoms with Crippen molar-refractivity contribution in [1.29, 1.82) is 0 Å². The van der Waals surface area contributed by atoms with Crippen LogP contribution in [-0.2, 0) is 6.54 Å². The van der Waals surface area contributed by atoms with E-state index in [4.69, 9.17) is 0 Å². The van der Waals surface area contributed by atoms with Gasteiger partial charge in [-0.3, -0.25) is 4.98 Å². The molecule has 102 valence electrons. The number of nitrogens with one attached hydrogen (secondary N) is 1. The molecule has 0 fully saturated rings. The number of nitrogens with zero attached hydrogens (tertiary/aromatic N) is 2. The van der Waals surface area contributed by atoms with Crippen LogP contribution in [0.15, 0.2) is 43.0 Å². The van der Waals surface area contributed by atoms with Gasteiger partial charge in [0.15, 0.2) is 0 Å². The van der Waals surface area contributed by atoms with Crippen molar-refractivity contribution in [2.24, 2.45) is 0 Å². The number of pyridine rings is 1. The third-order valence-corrected chi connectivity index (χ3v) is 3.34. The summed E-state index contributed by atoms with van der Waals surface area (Å²) in [4.78, 5) is 4.05. The largest absolute Gasteiger partial charge is 0.350 e. The highest BCUT2D eigenvalue weighted by atomic mass is 15.0. The lowest BCUT2D eigenvalue weighted by atomic mass is 10.1. The fourth-order valence-electron chi connectivity index (χ4n) is 2.28. The molecule has 1 N–H and O–H groups in total. The van der Waals surface area contributed by atoms with Crippen LogP contribution in [0, 0.1) is 0 Å². The summed E-state index contributed by atoms with van der Waals surface area (Å²) in [5.41, 5.74) is 2.66.